The van der Waals surface area contributed by atoms with Crippen LogP contribution in [0.5, 0.6) is 0 Å². The van der Waals surface area contributed by atoms with Crippen LogP contribution < -0.4 is 5.32 Å². The van der Waals surface area contributed by atoms with Gasteiger partial charge in [-0.15, -0.1) is 0 Å². The summed E-state index contributed by atoms with van der Waals surface area (Å²) in [5, 5.41) is 2.80. The molecule has 0 fully saturated rings. The van der Waals surface area contributed by atoms with Crippen LogP contribution >= 0.6 is 7.82 Å². The first kappa shape index (κ1) is 22.3. The summed E-state index contributed by atoms with van der Waals surface area (Å²) >= 11 is 0. The summed E-state index contributed by atoms with van der Waals surface area (Å²) in [4.78, 5) is 20.7. The van der Waals surface area contributed by atoms with Crippen molar-refractivity contribution in [3.8, 4) is 0 Å². The van der Waals surface area contributed by atoms with Crippen molar-refractivity contribution < 1.29 is 28.0 Å². The molecule has 1 unspecified atom stereocenters. The lowest BCUT2D eigenvalue weighted by Crippen LogP contribution is -2.33. The highest BCUT2D eigenvalue weighted by molar-refractivity contribution is 7.47. The standard InChI is InChI=1S/C15H31N2O5P/c1-14(2)15(18)16-12-10-8-6-7-9-11-13-21-23(19,20)22-17(3,4)5/h1,6-13H2,2-5H3,(H-,16,18,19,20)/p+1. The third kappa shape index (κ3) is 14.6. The smallest absolute Gasteiger partial charge is 0.352 e. The predicted molar refractivity (Wildman–Crippen MR) is 90.4 cm³/mol. The van der Waals surface area contributed by atoms with E-state index in [9.17, 15) is 14.3 Å². The molecule has 0 spiro atoms. The molecule has 136 valence electrons. The van der Waals surface area contributed by atoms with Crippen molar-refractivity contribution in [2.45, 2.75) is 45.4 Å². The van der Waals surface area contributed by atoms with Crippen LogP contribution in [-0.4, -0.2) is 49.7 Å². The molecule has 0 aliphatic heterocycles. The molecule has 7 nitrogen and oxygen atoms in total. The molecule has 0 aliphatic carbocycles. The maximum absolute atomic E-state index is 11.6. The summed E-state index contributed by atoms with van der Waals surface area (Å²) in [5.74, 6) is -0.0910. The predicted octanol–water partition coefficient (Wildman–Crippen LogP) is 2.77. The van der Waals surface area contributed by atoms with Gasteiger partial charge in [0.2, 0.25) is 5.91 Å². The van der Waals surface area contributed by atoms with Gasteiger partial charge in [0.15, 0.2) is 0 Å². The van der Waals surface area contributed by atoms with Crippen molar-refractivity contribution >= 4 is 13.7 Å². The molecular weight excluding hydrogens is 319 g/mol. The maximum atomic E-state index is 11.6. The number of nitrogens with one attached hydrogen (secondary N) is 1. The number of nitrogens with zero attached hydrogens (tertiary/aromatic N) is 1. The average molecular weight is 351 g/mol. The molecule has 1 amide bonds. The summed E-state index contributed by atoms with van der Waals surface area (Å²) in [5.41, 5.74) is 0.528. The van der Waals surface area contributed by atoms with Gasteiger partial charge < -0.3 is 5.32 Å². The van der Waals surface area contributed by atoms with Crippen molar-refractivity contribution in [1.82, 2.24) is 5.32 Å². The van der Waals surface area contributed by atoms with Gasteiger partial charge in [0.05, 0.1) is 27.7 Å². The average Bonchev–Trinajstić information content (AvgIpc) is 2.37. The number of hydroxylamine groups is 3. The van der Waals surface area contributed by atoms with Gasteiger partial charge in [-0.25, -0.2) is 4.57 Å². The van der Waals surface area contributed by atoms with E-state index in [0.717, 1.165) is 38.5 Å². The second-order valence-corrected chi connectivity index (χ2v) is 7.79. The summed E-state index contributed by atoms with van der Waals surface area (Å²) in [7, 11) is 0.954. The molecule has 0 radical (unpaired) electrons. The molecular formula is C15H32N2O5P+. The van der Waals surface area contributed by atoms with Crippen LogP contribution in [0.2, 0.25) is 0 Å². The second-order valence-electron chi connectivity index (χ2n) is 6.43. The van der Waals surface area contributed by atoms with Crippen molar-refractivity contribution in [2.75, 3.05) is 34.3 Å². The SMILES string of the molecule is C=C(C)C(=O)NCCCCCCCCOP(=O)(O)O[N+](C)(C)C. The van der Waals surface area contributed by atoms with Crippen LogP contribution in [0, 0.1) is 0 Å². The van der Waals surface area contributed by atoms with Crippen LogP contribution in [-0.2, 0) is 18.5 Å². The Morgan fingerprint density at radius 1 is 1.13 bits per heavy atom. The molecule has 0 aromatic carbocycles. The number of phosphoric acid groups is 1. The van der Waals surface area contributed by atoms with Crippen LogP contribution in [0.3, 0.4) is 0 Å². The first-order valence-electron chi connectivity index (χ1n) is 7.97. The van der Waals surface area contributed by atoms with Gasteiger partial charge in [0, 0.05) is 12.1 Å². The van der Waals surface area contributed by atoms with Crippen LogP contribution in [0.1, 0.15) is 45.4 Å². The summed E-state index contributed by atoms with van der Waals surface area (Å²) < 4.78 is 21.3. The zero-order chi connectivity index (χ0) is 17.9. The van der Waals surface area contributed by atoms with Gasteiger partial charge in [-0.1, -0.05) is 36.9 Å². The molecule has 8 heteroatoms. The van der Waals surface area contributed by atoms with Crippen molar-refractivity contribution in [2.24, 2.45) is 0 Å². The minimum absolute atomic E-state index is 0.0876. The fourth-order valence-electron chi connectivity index (χ4n) is 1.80. The number of carbonyl (C=O) groups is 1. The Balaban J connectivity index is 3.48. The van der Waals surface area contributed by atoms with E-state index in [1.54, 1.807) is 28.1 Å². The van der Waals surface area contributed by atoms with Gasteiger partial charge in [-0.2, -0.15) is 4.65 Å². The van der Waals surface area contributed by atoms with E-state index in [2.05, 4.69) is 11.9 Å². The first-order valence-corrected chi connectivity index (χ1v) is 9.47. The van der Waals surface area contributed by atoms with E-state index < -0.39 is 7.82 Å². The summed E-state index contributed by atoms with van der Waals surface area (Å²) in [6.07, 6.45) is 5.73. The number of carbonyl (C=O) groups excluding carboxylic acids is 1. The number of quaternary nitrogens is 1. The molecule has 2 N–H and O–H groups in total. The summed E-state index contributed by atoms with van der Waals surface area (Å²) in [6.45, 7) is 6.15. The first-order chi connectivity index (χ1) is 10.5. The summed E-state index contributed by atoms with van der Waals surface area (Å²) in [6, 6.07) is 0. The Bertz CT molecular complexity index is 421. The highest BCUT2D eigenvalue weighted by atomic mass is 31.2. The quantitative estimate of drug-likeness (QED) is 0.175. The lowest BCUT2D eigenvalue weighted by atomic mass is 10.1. The van der Waals surface area contributed by atoms with E-state index in [-0.39, 0.29) is 17.2 Å². The molecule has 0 aromatic heterocycles. The lowest BCUT2D eigenvalue weighted by molar-refractivity contribution is -1.04. The third-order valence-electron chi connectivity index (χ3n) is 2.85. The molecule has 0 saturated carbocycles. The normalized spacial score (nSPS) is 14.3. The number of phosphoric ester groups is 1. The maximum Gasteiger partial charge on any atom is 0.518 e. The van der Waals surface area contributed by atoms with Crippen LogP contribution in [0.15, 0.2) is 12.2 Å². The van der Waals surface area contributed by atoms with Gasteiger partial charge in [-0.3, -0.25) is 14.2 Å². The molecule has 0 aromatic rings. The molecule has 1 atom stereocenters. The van der Waals surface area contributed by atoms with E-state index >= 15 is 0 Å². The molecule has 0 saturated heterocycles. The van der Waals surface area contributed by atoms with E-state index in [4.69, 9.17) is 9.15 Å². The number of hydrogen-bond acceptors (Lipinski definition) is 4. The Labute approximate surface area is 139 Å². The molecule has 0 heterocycles. The minimum Gasteiger partial charge on any atom is -0.352 e. The van der Waals surface area contributed by atoms with Crippen molar-refractivity contribution in [1.29, 1.82) is 0 Å². The number of amides is 1. The fourth-order valence-corrected chi connectivity index (χ4v) is 2.83. The van der Waals surface area contributed by atoms with Crippen molar-refractivity contribution in [3.05, 3.63) is 12.2 Å². The highest BCUT2D eigenvalue weighted by Gasteiger charge is 2.30. The van der Waals surface area contributed by atoms with Gasteiger partial charge in [0.25, 0.3) is 0 Å². The van der Waals surface area contributed by atoms with Crippen LogP contribution in [0.25, 0.3) is 0 Å². The van der Waals surface area contributed by atoms with E-state index in [1.165, 1.54) is 0 Å². The van der Waals surface area contributed by atoms with E-state index in [1.807, 2.05) is 0 Å². The second kappa shape index (κ2) is 10.9. The molecule has 0 bridgehead atoms. The Kier molecular flexibility index (Phi) is 10.6. The zero-order valence-corrected chi connectivity index (χ0v) is 15.7. The zero-order valence-electron chi connectivity index (χ0n) is 14.8. The molecule has 0 aliphatic rings. The van der Waals surface area contributed by atoms with Gasteiger partial charge >= 0.3 is 7.82 Å². The van der Waals surface area contributed by atoms with Crippen molar-refractivity contribution in [3.63, 3.8) is 0 Å². The Morgan fingerprint density at radius 2 is 1.65 bits per heavy atom. The number of rotatable bonds is 13. The van der Waals surface area contributed by atoms with E-state index in [0.29, 0.717) is 12.1 Å². The largest absolute Gasteiger partial charge is 0.518 e. The number of hydrogen-bond donors (Lipinski definition) is 2. The highest BCUT2D eigenvalue weighted by Crippen LogP contribution is 2.45. The lowest BCUT2D eigenvalue weighted by Gasteiger charge is -2.22. The molecule has 0 rings (SSSR count). The van der Waals surface area contributed by atoms with Crippen LogP contribution in [0.4, 0.5) is 0 Å². The number of unbranched alkanes of at least 4 members (excludes halogenated alkanes) is 5. The Hall–Kier alpha value is -0.720. The fraction of sp³-hybridized carbons (Fsp3) is 0.800. The third-order valence-corrected chi connectivity index (χ3v) is 4.05. The Morgan fingerprint density at radius 3 is 2.17 bits per heavy atom. The topological polar surface area (TPSA) is 84.9 Å². The molecule has 23 heavy (non-hydrogen) atoms. The van der Waals surface area contributed by atoms with Gasteiger partial charge in [0.1, 0.15) is 0 Å². The minimum atomic E-state index is -3.98. The monoisotopic (exact) mass is 351 g/mol. The van der Waals surface area contributed by atoms with Gasteiger partial charge in [-0.05, 0) is 19.8 Å².